The van der Waals surface area contributed by atoms with Gasteiger partial charge < -0.3 is 6.42 Å². The molecule has 0 aliphatic heterocycles. The maximum Gasteiger partial charge on any atom is -0.0623 e. The zero-order valence-corrected chi connectivity index (χ0v) is 17.7. The van der Waals surface area contributed by atoms with Crippen molar-refractivity contribution in [3.05, 3.63) is 79.2 Å². The summed E-state index contributed by atoms with van der Waals surface area (Å²) in [5.74, 6) is 0. The van der Waals surface area contributed by atoms with E-state index in [-0.39, 0.29) is 40.8 Å². The van der Waals surface area contributed by atoms with E-state index in [1.807, 2.05) is 72.8 Å². The summed E-state index contributed by atoms with van der Waals surface area (Å²) >= 11 is 0. The molecule has 1 aliphatic rings. The Morgan fingerprint density at radius 2 is 0.650 bits per heavy atom. The van der Waals surface area contributed by atoms with E-state index >= 15 is 0 Å². The van der Waals surface area contributed by atoms with Crippen LogP contribution in [0.3, 0.4) is 0 Å². The van der Waals surface area contributed by atoms with Crippen molar-refractivity contribution in [1.29, 1.82) is 0 Å². The first-order chi connectivity index (χ1) is 9.00. The third-order valence-corrected chi connectivity index (χ3v) is 2.65. The summed E-state index contributed by atoms with van der Waals surface area (Å²) in [6, 6.07) is 24.0. The van der Waals surface area contributed by atoms with E-state index < -0.39 is 0 Å². The molecule has 2 aromatic carbocycles. The summed E-state index contributed by atoms with van der Waals surface area (Å²) in [5.41, 5.74) is 0. The molecule has 20 heavy (non-hydrogen) atoms. The van der Waals surface area contributed by atoms with Crippen LogP contribution < -0.4 is 0 Å². The van der Waals surface area contributed by atoms with Crippen LogP contribution in [0.25, 0.3) is 0 Å². The molecule has 0 nitrogen and oxygen atoms in total. The van der Waals surface area contributed by atoms with Gasteiger partial charge >= 0.3 is 40.8 Å². The summed E-state index contributed by atoms with van der Waals surface area (Å²) in [4.78, 5) is 0. The molecule has 0 aromatic heterocycles. The van der Waals surface area contributed by atoms with Crippen LogP contribution in [-0.4, -0.2) is 0 Å². The molecule has 0 saturated heterocycles. The fraction of sp³-hybridized carbons (Fsp3) is 0.278. The first-order valence-electron chi connectivity index (χ1n) is 6.82. The maximum absolute atomic E-state index is 2.39. The Labute approximate surface area is 151 Å². The first-order valence-corrected chi connectivity index (χ1v) is 6.82. The third kappa shape index (κ3) is 15.8. The van der Waals surface area contributed by atoms with Gasteiger partial charge in [-0.15, -0.1) is 0 Å². The van der Waals surface area contributed by atoms with Crippen LogP contribution in [0, 0.1) is 6.42 Å². The van der Waals surface area contributed by atoms with E-state index in [1.165, 1.54) is 32.1 Å². The van der Waals surface area contributed by atoms with Crippen molar-refractivity contribution in [2.45, 2.75) is 32.1 Å². The Balaban J connectivity index is 0. The van der Waals surface area contributed by atoms with Gasteiger partial charge in [-0.1, -0.05) is 92.1 Å². The van der Waals surface area contributed by atoms with Gasteiger partial charge in [0, 0.05) is 0 Å². The summed E-state index contributed by atoms with van der Waals surface area (Å²) in [6.07, 6.45) is 9.50. The molecule has 1 saturated carbocycles. The fourth-order valence-corrected chi connectivity index (χ4v) is 1.67. The summed E-state index contributed by atoms with van der Waals surface area (Å²) < 4.78 is 0. The standard InChI is InChI=1S/C6H11.2C6H6.2Re.2H/c3*1-2-4-6-5-3-1;;;;/h1H,2-6H2;2*1-6H;;;;/q-1;;;;;;. The number of hydrogen-bond acceptors (Lipinski definition) is 0. The minimum absolute atomic E-state index is 0. The topological polar surface area (TPSA) is 0 Å². The molecule has 0 bridgehead atoms. The van der Waals surface area contributed by atoms with Gasteiger partial charge in [-0.3, -0.25) is 0 Å². The molecule has 0 unspecified atom stereocenters. The van der Waals surface area contributed by atoms with Crippen LogP contribution >= 0.6 is 0 Å². The van der Waals surface area contributed by atoms with Crippen molar-refractivity contribution in [3.8, 4) is 0 Å². The van der Waals surface area contributed by atoms with Crippen molar-refractivity contribution >= 4 is 0 Å². The Morgan fingerprint density at radius 1 is 0.400 bits per heavy atom. The molecular formula is C18H25Re2-. The molecule has 2 aromatic rings. The van der Waals surface area contributed by atoms with Crippen molar-refractivity contribution in [3.63, 3.8) is 0 Å². The Hall–Kier alpha value is -0.235. The SMILES string of the molecule is [CH-]1CCCCC1.[ReH].[ReH].c1ccccc1.c1ccccc1. The van der Waals surface area contributed by atoms with Gasteiger partial charge in [-0.2, -0.15) is 12.8 Å². The van der Waals surface area contributed by atoms with Crippen molar-refractivity contribution < 1.29 is 40.8 Å². The van der Waals surface area contributed by atoms with E-state index in [9.17, 15) is 0 Å². The van der Waals surface area contributed by atoms with E-state index in [4.69, 9.17) is 0 Å². The van der Waals surface area contributed by atoms with Gasteiger partial charge in [0.05, 0.1) is 0 Å². The zero-order valence-electron chi connectivity index (χ0n) is 11.9. The van der Waals surface area contributed by atoms with E-state index in [1.54, 1.807) is 0 Å². The summed E-state index contributed by atoms with van der Waals surface area (Å²) in [5, 5.41) is 0. The average Bonchev–Trinajstić information content (AvgIpc) is 2.54. The molecule has 1 fully saturated rings. The fourth-order valence-electron chi connectivity index (χ4n) is 1.67. The van der Waals surface area contributed by atoms with Gasteiger partial charge in [0.2, 0.25) is 0 Å². The molecule has 0 heterocycles. The number of hydrogen-bond donors (Lipinski definition) is 0. The van der Waals surface area contributed by atoms with E-state index in [0.717, 1.165) is 0 Å². The number of benzene rings is 2. The van der Waals surface area contributed by atoms with Crippen LogP contribution in [0.15, 0.2) is 72.8 Å². The molecule has 3 rings (SSSR count). The molecule has 0 amide bonds. The van der Waals surface area contributed by atoms with Crippen LogP contribution in [0.2, 0.25) is 0 Å². The van der Waals surface area contributed by atoms with E-state index in [2.05, 4.69) is 6.42 Å². The second-order valence-corrected chi connectivity index (χ2v) is 4.24. The quantitative estimate of drug-likeness (QED) is 0.368. The summed E-state index contributed by atoms with van der Waals surface area (Å²) in [6.45, 7) is 0. The average molecular weight is 614 g/mol. The number of rotatable bonds is 0. The van der Waals surface area contributed by atoms with Gasteiger partial charge in [-0.25, -0.2) is 0 Å². The van der Waals surface area contributed by atoms with Crippen molar-refractivity contribution in [2.24, 2.45) is 0 Å². The molecule has 2 heteroatoms. The molecule has 0 spiro atoms. The third-order valence-electron chi connectivity index (χ3n) is 2.65. The Morgan fingerprint density at radius 3 is 0.750 bits per heavy atom. The molecule has 0 N–H and O–H groups in total. The minimum Gasteiger partial charge on any atom is -0.0623 e. The second kappa shape index (κ2) is 18.8. The monoisotopic (exact) mass is 615 g/mol. The van der Waals surface area contributed by atoms with Crippen molar-refractivity contribution in [2.75, 3.05) is 0 Å². The minimum atomic E-state index is 0. The van der Waals surface area contributed by atoms with Gasteiger partial charge in [0.1, 0.15) is 0 Å². The second-order valence-electron chi connectivity index (χ2n) is 4.24. The van der Waals surface area contributed by atoms with Gasteiger partial charge in [0.25, 0.3) is 0 Å². The Bertz CT molecular complexity index is 248. The van der Waals surface area contributed by atoms with Crippen LogP contribution in [0.5, 0.6) is 0 Å². The maximum atomic E-state index is 2.39. The van der Waals surface area contributed by atoms with Gasteiger partial charge in [-0.05, 0) is 0 Å². The van der Waals surface area contributed by atoms with Crippen LogP contribution in [0.4, 0.5) is 0 Å². The smallest absolute Gasteiger partial charge is 0.0623 e. The predicted octanol–water partition coefficient (Wildman–Crippen LogP) is 4.99. The molecule has 112 valence electrons. The summed E-state index contributed by atoms with van der Waals surface area (Å²) in [7, 11) is 0. The molecule has 2 radical (unpaired) electrons. The predicted molar refractivity (Wildman–Crippen MR) is 83.1 cm³/mol. The van der Waals surface area contributed by atoms with Gasteiger partial charge in [0.15, 0.2) is 0 Å². The Kier molecular flexibility index (Phi) is 20.7. The normalized spacial score (nSPS) is 12.0. The molecule has 1 aliphatic carbocycles. The zero-order chi connectivity index (χ0) is 12.7. The molecule has 0 atom stereocenters. The van der Waals surface area contributed by atoms with E-state index in [0.29, 0.717) is 0 Å². The van der Waals surface area contributed by atoms with Crippen LogP contribution in [0.1, 0.15) is 32.1 Å². The van der Waals surface area contributed by atoms with Crippen molar-refractivity contribution in [1.82, 2.24) is 0 Å². The van der Waals surface area contributed by atoms with Crippen LogP contribution in [-0.2, 0) is 40.8 Å². The first kappa shape index (κ1) is 22.1. The largest absolute Gasteiger partial charge is 0.0623 e. The molecular weight excluding hydrogens is 589 g/mol.